The third kappa shape index (κ3) is 2.88. The van der Waals surface area contributed by atoms with Crippen molar-refractivity contribution in [1.29, 1.82) is 0 Å². The monoisotopic (exact) mass is 330 g/mol. The minimum atomic E-state index is 0.209. The molecule has 2 aromatic rings. The first-order chi connectivity index (χ1) is 8.10. The molecule has 0 aliphatic rings. The van der Waals surface area contributed by atoms with Crippen LogP contribution in [0.3, 0.4) is 0 Å². The van der Waals surface area contributed by atoms with E-state index in [2.05, 4.69) is 30.9 Å². The van der Waals surface area contributed by atoms with Crippen molar-refractivity contribution in [1.82, 2.24) is 15.0 Å². The molecule has 2 N–H and O–H groups in total. The number of aromatic nitrogens is 3. The molecule has 1 aromatic heterocycles. The van der Waals surface area contributed by atoms with Crippen molar-refractivity contribution in [3.63, 3.8) is 0 Å². The maximum atomic E-state index is 5.88. The molecule has 1 heterocycles. The summed E-state index contributed by atoms with van der Waals surface area (Å²) in [6, 6.07) is 5.40. The number of thioether (sulfide) groups is 1. The van der Waals surface area contributed by atoms with Crippen molar-refractivity contribution in [3.8, 4) is 11.4 Å². The number of rotatable bonds is 2. The summed E-state index contributed by atoms with van der Waals surface area (Å²) in [5.74, 6) is 0.742. The molecule has 0 spiro atoms. The molecular weight excluding hydrogens is 324 g/mol. The molecule has 0 saturated carbocycles. The van der Waals surface area contributed by atoms with Gasteiger partial charge in [0.2, 0.25) is 5.95 Å². The SMILES string of the molecule is CSc1nc(N)nc(-c2ccc(Cl)cc2Br)n1. The summed E-state index contributed by atoms with van der Waals surface area (Å²) in [4.78, 5) is 12.4. The number of hydrogen-bond acceptors (Lipinski definition) is 5. The third-order valence-corrected chi connectivity index (χ3v) is 3.43. The van der Waals surface area contributed by atoms with Crippen LogP contribution in [0.5, 0.6) is 0 Å². The second-order valence-corrected chi connectivity index (χ2v) is 5.19. The number of anilines is 1. The molecular formula is C10H8BrClN4S. The standard InChI is InChI=1S/C10H8BrClN4S/c1-17-10-15-8(14-9(13)16-10)6-3-2-5(12)4-7(6)11/h2-4H,1H3,(H2,13,14,15,16). The van der Waals surface area contributed by atoms with Gasteiger partial charge in [-0.1, -0.05) is 23.4 Å². The molecule has 0 unspecified atom stereocenters. The second-order valence-electron chi connectivity index (χ2n) is 3.13. The zero-order valence-electron chi connectivity index (χ0n) is 8.82. The van der Waals surface area contributed by atoms with Gasteiger partial charge in [-0.3, -0.25) is 0 Å². The van der Waals surface area contributed by atoms with Gasteiger partial charge in [0.15, 0.2) is 11.0 Å². The molecule has 0 amide bonds. The summed E-state index contributed by atoms with van der Waals surface area (Å²) in [6.45, 7) is 0. The lowest BCUT2D eigenvalue weighted by atomic mass is 10.2. The molecule has 0 bridgehead atoms. The van der Waals surface area contributed by atoms with Gasteiger partial charge in [0.05, 0.1) is 0 Å². The van der Waals surface area contributed by atoms with Crippen LogP contribution in [0.15, 0.2) is 27.8 Å². The highest BCUT2D eigenvalue weighted by Crippen LogP contribution is 2.29. The minimum Gasteiger partial charge on any atom is -0.368 e. The average Bonchev–Trinajstić information content (AvgIpc) is 2.28. The fourth-order valence-electron chi connectivity index (χ4n) is 1.25. The Morgan fingerprint density at radius 3 is 2.71 bits per heavy atom. The zero-order valence-corrected chi connectivity index (χ0v) is 12.0. The lowest BCUT2D eigenvalue weighted by Gasteiger charge is -2.05. The van der Waals surface area contributed by atoms with Gasteiger partial charge in [-0.25, -0.2) is 4.98 Å². The van der Waals surface area contributed by atoms with Crippen molar-refractivity contribution in [2.75, 3.05) is 12.0 Å². The third-order valence-electron chi connectivity index (χ3n) is 1.99. The van der Waals surface area contributed by atoms with E-state index >= 15 is 0 Å². The largest absolute Gasteiger partial charge is 0.368 e. The van der Waals surface area contributed by atoms with Crippen molar-refractivity contribution in [2.24, 2.45) is 0 Å². The molecule has 0 saturated heterocycles. The first-order valence-corrected chi connectivity index (χ1v) is 7.00. The van der Waals surface area contributed by atoms with E-state index in [1.807, 2.05) is 12.3 Å². The molecule has 2 rings (SSSR count). The number of nitrogens with zero attached hydrogens (tertiary/aromatic N) is 3. The van der Waals surface area contributed by atoms with Gasteiger partial charge in [0.25, 0.3) is 0 Å². The van der Waals surface area contributed by atoms with Gasteiger partial charge in [-0.2, -0.15) is 9.97 Å². The van der Waals surface area contributed by atoms with Gasteiger partial charge in [0.1, 0.15) is 0 Å². The van der Waals surface area contributed by atoms with E-state index in [9.17, 15) is 0 Å². The Bertz CT molecular complexity index is 564. The highest BCUT2D eigenvalue weighted by atomic mass is 79.9. The Balaban J connectivity index is 2.55. The smallest absolute Gasteiger partial charge is 0.224 e. The predicted molar refractivity (Wildman–Crippen MR) is 74.2 cm³/mol. The minimum absolute atomic E-state index is 0.209. The Kier molecular flexibility index (Phi) is 3.86. The van der Waals surface area contributed by atoms with Gasteiger partial charge in [-0.15, -0.1) is 0 Å². The summed E-state index contributed by atoms with van der Waals surface area (Å²) in [5.41, 5.74) is 6.47. The van der Waals surface area contributed by atoms with E-state index in [1.54, 1.807) is 12.1 Å². The number of nitrogen functional groups attached to an aromatic ring is 1. The Morgan fingerprint density at radius 2 is 2.06 bits per heavy atom. The van der Waals surface area contributed by atoms with Crippen molar-refractivity contribution >= 4 is 45.2 Å². The van der Waals surface area contributed by atoms with Crippen LogP contribution in [-0.2, 0) is 0 Å². The Labute approximate surface area is 116 Å². The Morgan fingerprint density at radius 1 is 1.29 bits per heavy atom. The fraction of sp³-hybridized carbons (Fsp3) is 0.100. The van der Waals surface area contributed by atoms with Crippen LogP contribution >= 0.6 is 39.3 Å². The highest BCUT2D eigenvalue weighted by Gasteiger charge is 2.09. The highest BCUT2D eigenvalue weighted by molar-refractivity contribution is 9.10. The molecule has 88 valence electrons. The molecule has 4 nitrogen and oxygen atoms in total. The number of hydrogen-bond donors (Lipinski definition) is 1. The molecule has 0 atom stereocenters. The van der Waals surface area contributed by atoms with Crippen molar-refractivity contribution < 1.29 is 0 Å². The second kappa shape index (κ2) is 5.20. The summed E-state index contributed by atoms with van der Waals surface area (Å²) >= 11 is 10.7. The maximum Gasteiger partial charge on any atom is 0.224 e. The average molecular weight is 332 g/mol. The van der Waals surface area contributed by atoms with E-state index in [4.69, 9.17) is 17.3 Å². The predicted octanol–water partition coefficient (Wildman–Crippen LogP) is 3.26. The molecule has 0 aliphatic carbocycles. The first-order valence-electron chi connectivity index (χ1n) is 4.61. The van der Waals surface area contributed by atoms with Gasteiger partial charge in [-0.05, 0) is 40.4 Å². The van der Waals surface area contributed by atoms with Crippen LogP contribution < -0.4 is 5.73 Å². The zero-order chi connectivity index (χ0) is 12.4. The summed E-state index contributed by atoms with van der Waals surface area (Å²) in [5, 5.41) is 1.24. The van der Waals surface area contributed by atoms with Crippen LogP contribution in [0.2, 0.25) is 5.02 Å². The summed E-state index contributed by atoms with van der Waals surface area (Å²) < 4.78 is 0.822. The fourth-order valence-corrected chi connectivity index (χ4v) is 2.48. The van der Waals surface area contributed by atoms with Crippen molar-refractivity contribution in [3.05, 3.63) is 27.7 Å². The number of nitrogens with two attached hydrogens (primary N) is 1. The maximum absolute atomic E-state index is 5.88. The summed E-state index contributed by atoms with van der Waals surface area (Å²) in [6.07, 6.45) is 1.88. The van der Waals surface area contributed by atoms with E-state index in [0.29, 0.717) is 16.0 Å². The number of halogens is 2. The summed E-state index contributed by atoms with van der Waals surface area (Å²) in [7, 11) is 0. The molecule has 0 radical (unpaired) electrons. The van der Waals surface area contributed by atoms with Crippen LogP contribution in [0.4, 0.5) is 5.95 Å². The first kappa shape index (κ1) is 12.6. The van der Waals surface area contributed by atoms with Gasteiger partial charge >= 0.3 is 0 Å². The topological polar surface area (TPSA) is 64.7 Å². The lowest BCUT2D eigenvalue weighted by Crippen LogP contribution is -2.01. The molecule has 7 heteroatoms. The quantitative estimate of drug-likeness (QED) is 0.856. The molecule has 0 fully saturated rings. The van der Waals surface area contributed by atoms with Crippen LogP contribution in [0.1, 0.15) is 0 Å². The Hall–Kier alpha value is -0.850. The van der Waals surface area contributed by atoms with Crippen LogP contribution in [-0.4, -0.2) is 21.2 Å². The van der Waals surface area contributed by atoms with Gasteiger partial charge < -0.3 is 5.73 Å². The van der Waals surface area contributed by atoms with E-state index < -0.39 is 0 Å². The van der Waals surface area contributed by atoms with Crippen LogP contribution in [0, 0.1) is 0 Å². The van der Waals surface area contributed by atoms with E-state index in [-0.39, 0.29) is 5.95 Å². The van der Waals surface area contributed by atoms with Crippen molar-refractivity contribution in [2.45, 2.75) is 5.16 Å². The normalized spacial score (nSPS) is 10.5. The number of benzene rings is 1. The lowest BCUT2D eigenvalue weighted by molar-refractivity contribution is 0.927. The van der Waals surface area contributed by atoms with E-state index in [1.165, 1.54) is 11.8 Å². The van der Waals surface area contributed by atoms with Crippen LogP contribution in [0.25, 0.3) is 11.4 Å². The molecule has 0 aliphatic heterocycles. The molecule has 17 heavy (non-hydrogen) atoms. The molecule has 1 aromatic carbocycles. The van der Waals surface area contributed by atoms with Gasteiger partial charge in [0, 0.05) is 15.1 Å². The van der Waals surface area contributed by atoms with E-state index in [0.717, 1.165) is 10.0 Å².